The Kier molecular flexibility index (Phi) is 8.68. The number of amides is 1. The first-order chi connectivity index (χ1) is 17.9. The first kappa shape index (κ1) is 28.4. The van der Waals surface area contributed by atoms with E-state index < -0.39 is 27.4 Å². The van der Waals surface area contributed by atoms with Crippen LogP contribution in [0.1, 0.15) is 28.8 Å². The summed E-state index contributed by atoms with van der Waals surface area (Å²) in [7, 11) is -3.53. The Bertz CT molecular complexity index is 1520. The minimum Gasteiger partial charge on any atom is -0.489 e. The van der Waals surface area contributed by atoms with E-state index in [1.165, 1.54) is 24.4 Å². The van der Waals surface area contributed by atoms with Crippen LogP contribution < -0.4 is 15.6 Å². The smallest absolute Gasteiger partial charge is 0.255 e. The molecule has 1 fully saturated rings. The fraction of sp³-hybridized carbons (Fsp3) is 0.385. The number of ether oxygens (including phenoxy) is 1. The van der Waals surface area contributed by atoms with Gasteiger partial charge in [-0.15, -0.1) is 0 Å². The van der Waals surface area contributed by atoms with Gasteiger partial charge in [-0.1, -0.05) is 23.2 Å². The summed E-state index contributed by atoms with van der Waals surface area (Å²) in [5.41, 5.74) is 0.461. The number of β-amino-alcohol motifs (C(OH)–C–C–N with tert-alkyl or cyclic N) is 1. The predicted molar refractivity (Wildman–Crippen MR) is 147 cm³/mol. The Morgan fingerprint density at radius 3 is 2.61 bits per heavy atom. The Hall–Kier alpha value is -2.63. The molecule has 0 saturated carbocycles. The molecule has 4 rings (SSSR count). The molecular formula is C26H29Cl2N3O6S. The predicted octanol–water partition coefficient (Wildman–Crippen LogP) is 3.18. The number of nitrogens with zero attached hydrogens (tertiary/aromatic N) is 1. The number of rotatable bonds is 8. The van der Waals surface area contributed by atoms with Crippen molar-refractivity contribution in [1.29, 1.82) is 0 Å². The molecule has 0 bridgehead atoms. The average molecular weight is 583 g/mol. The molecule has 1 aromatic heterocycles. The van der Waals surface area contributed by atoms with Gasteiger partial charge in [0.05, 0.1) is 21.6 Å². The van der Waals surface area contributed by atoms with Crippen molar-refractivity contribution in [3.05, 3.63) is 68.1 Å². The number of halogens is 2. The number of aliphatic hydroxyl groups is 1. The maximum atomic E-state index is 12.9. The number of nitrogens with one attached hydrogen (secondary N) is 2. The highest BCUT2D eigenvalue weighted by Crippen LogP contribution is 2.34. The Labute approximate surface area is 230 Å². The molecule has 9 nitrogen and oxygen atoms in total. The lowest BCUT2D eigenvalue weighted by Crippen LogP contribution is -2.45. The van der Waals surface area contributed by atoms with E-state index in [9.17, 15) is 23.1 Å². The number of hydrogen-bond acceptors (Lipinski definition) is 7. The summed E-state index contributed by atoms with van der Waals surface area (Å²) in [6, 6.07) is 7.56. The number of benzene rings is 2. The van der Waals surface area contributed by atoms with Crippen LogP contribution in [0.15, 0.2) is 46.2 Å². The van der Waals surface area contributed by atoms with E-state index in [1.807, 2.05) is 6.92 Å². The summed E-state index contributed by atoms with van der Waals surface area (Å²) >= 11 is 12.5. The number of aromatic amines is 1. The number of piperidine rings is 1. The molecule has 1 atom stereocenters. The average Bonchev–Trinajstić information content (AvgIpc) is 2.88. The maximum absolute atomic E-state index is 12.9. The maximum Gasteiger partial charge on any atom is 0.255 e. The number of aliphatic hydroxyl groups excluding tert-OH is 1. The van der Waals surface area contributed by atoms with Crippen LogP contribution in [0.3, 0.4) is 0 Å². The van der Waals surface area contributed by atoms with Crippen LogP contribution in [0.25, 0.3) is 10.8 Å². The minimum absolute atomic E-state index is 0.00513. The highest BCUT2D eigenvalue weighted by molar-refractivity contribution is 7.90. The minimum atomic E-state index is -3.53. The van der Waals surface area contributed by atoms with E-state index in [2.05, 4.69) is 15.2 Å². The third-order valence-corrected chi connectivity index (χ3v) is 8.62. The second-order valence-corrected chi connectivity index (χ2v) is 12.3. The molecule has 1 aliphatic heterocycles. The van der Waals surface area contributed by atoms with Gasteiger partial charge in [0.25, 0.3) is 11.5 Å². The van der Waals surface area contributed by atoms with E-state index in [0.29, 0.717) is 35.4 Å². The molecule has 3 N–H and O–H groups in total. The Balaban J connectivity index is 1.32. The molecule has 1 aliphatic rings. The van der Waals surface area contributed by atoms with Gasteiger partial charge in [-0.2, -0.15) is 0 Å². The molecule has 3 aromatic rings. The molecule has 2 heterocycles. The molecule has 1 saturated heterocycles. The number of pyridine rings is 1. The van der Waals surface area contributed by atoms with E-state index in [-0.39, 0.29) is 33.9 Å². The summed E-state index contributed by atoms with van der Waals surface area (Å²) in [4.78, 5) is 29.6. The van der Waals surface area contributed by atoms with Crippen molar-refractivity contribution in [3.8, 4) is 5.75 Å². The fourth-order valence-corrected chi connectivity index (χ4v) is 5.50. The molecule has 38 heavy (non-hydrogen) atoms. The van der Waals surface area contributed by atoms with Gasteiger partial charge in [-0.25, -0.2) is 8.42 Å². The van der Waals surface area contributed by atoms with Crippen molar-refractivity contribution in [2.75, 3.05) is 32.4 Å². The number of likely N-dealkylation sites (tertiary alicyclic amines) is 1. The number of H-pyrrole nitrogens is 1. The van der Waals surface area contributed by atoms with Crippen molar-refractivity contribution < 1.29 is 23.1 Å². The van der Waals surface area contributed by atoms with Crippen LogP contribution >= 0.6 is 23.2 Å². The summed E-state index contributed by atoms with van der Waals surface area (Å²) in [6.45, 7) is 3.60. The van der Waals surface area contributed by atoms with Gasteiger partial charge in [0.1, 0.15) is 11.9 Å². The van der Waals surface area contributed by atoms with Gasteiger partial charge in [-0.05, 0) is 55.7 Å². The summed E-state index contributed by atoms with van der Waals surface area (Å²) in [6.07, 6.45) is 2.97. The molecule has 0 spiro atoms. The van der Waals surface area contributed by atoms with Gasteiger partial charge in [0.2, 0.25) is 0 Å². The van der Waals surface area contributed by atoms with Gasteiger partial charge in [0.15, 0.2) is 9.84 Å². The molecule has 0 radical (unpaired) electrons. The van der Waals surface area contributed by atoms with E-state index in [1.54, 1.807) is 12.1 Å². The zero-order chi connectivity index (χ0) is 27.6. The number of sulfone groups is 1. The molecular weight excluding hydrogens is 553 g/mol. The number of hydrogen-bond donors (Lipinski definition) is 3. The second-order valence-electron chi connectivity index (χ2n) is 9.48. The SMILES string of the molecule is Cc1c(Cl)ccc(OC2CCN(CC(O)CNC(=O)c3c[nH]c(=O)c4ccc(S(C)(=O)=O)cc34)CC2)c1Cl. The van der Waals surface area contributed by atoms with Crippen LogP contribution in [0.5, 0.6) is 5.75 Å². The van der Waals surface area contributed by atoms with Crippen LogP contribution in [-0.2, 0) is 9.84 Å². The molecule has 1 amide bonds. The largest absolute Gasteiger partial charge is 0.489 e. The molecule has 0 aliphatic carbocycles. The normalized spacial score (nSPS) is 15.9. The van der Waals surface area contributed by atoms with Crippen molar-refractivity contribution in [2.45, 2.75) is 36.9 Å². The quantitative estimate of drug-likeness (QED) is 0.372. The first-order valence-corrected chi connectivity index (χ1v) is 14.7. The van der Waals surface area contributed by atoms with E-state index in [0.717, 1.165) is 24.7 Å². The van der Waals surface area contributed by atoms with Crippen LogP contribution in [0, 0.1) is 6.92 Å². The lowest BCUT2D eigenvalue weighted by molar-refractivity contribution is 0.0594. The molecule has 2 aromatic carbocycles. The van der Waals surface area contributed by atoms with Crippen molar-refractivity contribution in [3.63, 3.8) is 0 Å². The van der Waals surface area contributed by atoms with E-state index >= 15 is 0 Å². The lowest BCUT2D eigenvalue weighted by Gasteiger charge is -2.33. The van der Waals surface area contributed by atoms with Crippen molar-refractivity contribution in [2.24, 2.45) is 0 Å². The number of carbonyl (C=O) groups excluding carboxylic acids is 1. The van der Waals surface area contributed by atoms with E-state index in [4.69, 9.17) is 27.9 Å². The molecule has 1 unspecified atom stereocenters. The van der Waals surface area contributed by atoms with Gasteiger partial charge in [0, 0.05) is 54.4 Å². The summed E-state index contributed by atoms with van der Waals surface area (Å²) < 4.78 is 30.0. The lowest BCUT2D eigenvalue weighted by atomic mass is 10.1. The number of carbonyl (C=O) groups is 1. The van der Waals surface area contributed by atoms with Crippen LogP contribution in [0.4, 0.5) is 0 Å². The molecule has 12 heteroatoms. The van der Waals surface area contributed by atoms with Gasteiger partial charge >= 0.3 is 0 Å². The third-order valence-electron chi connectivity index (χ3n) is 6.63. The standard InChI is InChI=1S/C26H29Cl2N3O6S/c1-15-22(27)5-6-23(24(15)28)37-17-7-9-31(10-8-17)14-16(32)12-29-26(34)21-13-30-25(33)19-4-3-18(11-20(19)21)38(2,35)36/h3-6,11,13,16-17,32H,7-10,12,14H2,1-2H3,(H,29,34)(H,30,33). The number of aromatic nitrogens is 1. The van der Waals surface area contributed by atoms with Crippen molar-refractivity contribution in [1.82, 2.24) is 15.2 Å². The summed E-state index contributed by atoms with van der Waals surface area (Å²) in [5, 5.41) is 14.7. The highest BCUT2D eigenvalue weighted by Gasteiger charge is 2.24. The third kappa shape index (κ3) is 6.50. The second kappa shape index (κ2) is 11.6. The Morgan fingerprint density at radius 2 is 1.92 bits per heavy atom. The zero-order valence-corrected chi connectivity index (χ0v) is 23.3. The van der Waals surface area contributed by atoms with Crippen LogP contribution in [0.2, 0.25) is 10.0 Å². The summed E-state index contributed by atoms with van der Waals surface area (Å²) in [5.74, 6) is 0.0754. The fourth-order valence-electron chi connectivity index (χ4n) is 4.44. The topological polar surface area (TPSA) is 129 Å². The number of fused-ring (bicyclic) bond motifs is 1. The van der Waals surface area contributed by atoms with Gasteiger partial charge < -0.3 is 25.0 Å². The highest BCUT2D eigenvalue weighted by atomic mass is 35.5. The molecule has 204 valence electrons. The van der Waals surface area contributed by atoms with Gasteiger partial charge in [-0.3, -0.25) is 9.59 Å². The monoisotopic (exact) mass is 581 g/mol. The zero-order valence-electron chi connectivity index (χ0n) is 21.0. The van der Waals surface area contributed by atoms with Crippen molar-refractivity contribution >= 4 is 49.7 Å². The first-order valence-electron chi connectivity index (χ1n) is 12.1. The Morgan fingerprint density at radius 1 is 1.21 bits per heavy atom. The van der Waals surface area contributed by atoms with Crippen LogP contribution in [-0.4, -0.2) is 74.0 Å².